The highest BCUT2D eigenvalue weighted by Crippen LogP contribution is 2.37. The van der Waals surface area contributed by atoms with E-state index in [2.05, 4.69) is 0 Å². The summed E-state index contributed by atoms with van der Waals surface area (Å²) in [7, 11) is 0. The van der Waals surface area contributed by atoms with Crippen LogP contribution in [0.5, 0.6) is 11.5 Å². The fourth-order valence-corrected chi connectivity index (χ4v) is 2.50. The molecule has 0 aliphatic carbocycles. The first-order chi connectivity index (χ1) is 10.7. The molecule has 0 spiro atoms. The predicted octanol–water partition coefficient (Wildman–Crippen LogP) is 3.92. The minimum absolute atomic E-state index is 0.0730. The summed E-state index contributed by atoms with van der Waals surface area (Å²) in [5.41, 5.74) is 4.13. The lowest BCUT2D eigenvalue weighted by Crippen LogP contribution is -1.91. The maximum Gasteiger partial charge on any atom is 0.121 e. The topological polar surface area (TPSA) is 60.7 Å². The summed E-state index contributed by atoms with van der Waals surface area (Å²) in [6, 6.07) is 20.1. The van der Waals surface area contributed by atoms with Gasteiger partial charge in [0.25, 0.3) is 0 Å². The molecule has 0 fully saturated rings. The number of rotatable bonds is 3. The highest BCUT2D eigenvalue weighted by atomic mass is 16.3. The second-order valence-corrected chi connectivity index (χ2v) is 5.10. The molecule has 3 nitrogen and oxygen atoms in total. The van der Waals surface area contributed by atoms with Crippen LogP contribution in [0.2, 0.25) is 0 Å². The summed E-state index contributed by atoms with van der Waals surface area (Å²) in [5, 5.41) is 28.9. The SMILES string of the molecule is OCc1cc(-c2ccc(O)cc2)c(-c2ccccc2)cc1O. The number of aliphatic hydroxyl groups is 1. The van der Waals surface area contributed by atoms with Crippen molar-refractivity contribution < 1.29 is 15.3 Å². The zero-order chi connectivity index (χ0) is 15.5. The molecule has 0 saturated heterocycles. The molecule has 3 aromatic carbocycles. The fourth-order valence-electron chi connectivity index (χ4n) is 2.50. The quantitative estimate of drug-likeness (QED) is 0.685. The molecule has 0 bridgehead atoms. The second kappa shape index (κ2) is 5.92. The van der Waals surface area contributed by atoms with E-state index in [1.807, 2.05) is 42.5 Å². The molecule has 22 heavy (non-hydrogen) atoms. The maximum absolute atomic E-state index is 10.1. The molecule has 0 aliphatic rings. The summed E-state index contributed by atoms with van der Waals surface area (Å²) < 4.78 is 0. The van der Waals surface area contributed by atoms with Crippen molar-refractivity contribution in [1.82, 2.24) is 0 Å². The van der Waals surface area contributed by atoms with Gasteiger partial charge in [0.1, 0.15) is 11.5 Å². The third-order valence-corrected chi connectivity index (χ3v) is 3.65. The van der Waals surface area contributed by atoms with Crippen molar-refractivity contribution in [3.63, 3.8) is 0 Å². The van der Waals surface area contributed by atoms with E-state index < -0.39 is 0 Å². The van der Waals surface area contributed by atoms with Crippen molar-refractivity contribution in [2.45, 2.75) is 6.61 Å². The lowest BCUT2D eigenvalue weighted by molar-refractivity contribution is 0.275. The van der Waals surface area contributed by atoms with Gasteiger partial charge >= 0.3 is 0 Å². The third-order valence-electron chi connectivity index (χ3n) is 3.65. The Morgan fingerprint density at radius 2 is 1.27 bits per heavy atom. The van der Waals surface area contributed by atoms with Crippen molar-refractivity contribution in [3.8, 4) is 33.8 Å². The van der Waals surface area contributed by atoms with Gasteiger partial charge in [-0.25, -0.2) is 0 Å². The van der Waals surface area contributed by atoms with Gasteiger partial charge in [-0.05, 0) is 46.5 Å². The van der Waals surface area contributed by atoms with Gasteiger partial charge in [-0.15, -0.1) is 0 Å². The predicted molar refractivity (Wildman–Crippen MR) is 86.6 cm³/mol. The van der Waals surface area contributed by atoms with Crippen LogP contribution < -0.4 is 0 Å². The number of phenols is 2. The van der Waals surface area contributed by atoms with Crippen molar-refractivity contribution in [1.29, 1.82) is 0 Å². The van der Waals surface area contributed by atoms with Crippen LogP contribution in [0.4, 0.5) is 0 Å². The molecule has 3 rings (SSSR count). The molecule has 0 unspecified atom stereocenters. The summed E-state index contributed by atoms with van der Waals surface area (Å²) in [4.78, 5) is 0. The van der Waals surface area contributed by atoms with E-state index in [1.165, 1.54) is 0 Å². The van der Waals surface area contributed by atoms with E-state index in [-0.39, 0.29) is 18.1 Å². The van der Waals surface area contributed by atoms with Crippen molar-refractivity contribution in [2.75, 3.05) is 0 Å². The number of benzene rings is 3. The maximum atomic E-state index is 10.1. The number of aromatic hydroxyl groups is 2. The van der Waals surface area contributed by atoms with Crippen LogP contribution >= 0.6 is 0 Å². The van der Waals surface area contributed by atoms with Gasteiger partial charge in [0.05, 0.1) is 6.61 Å². The number of phenolic OH excluding ortho intramolecular Hbond substituents is 1. The Morgan fingerprint density at radius 3 is 1.91 bits per heavy atom. The van der Waals surface area contributed by atoms with E-state index in [0.717, 1.165) is 22.3 Å². The standard InChI is InChI=1S/C19H16O3/c20-12-15-10-17(14-6-8-16(21)9-7-14)18(11-19(15)22)13-4-2-1-3-5-13/h1-11,20-22H,12H2. The van der Waals surface area contributed by atoms with E-state index in [4.69, 9.17) is 0 Å². The van der Waals surface area contributed by atoms with Crippen LogP contribution in [0.15, 0.2) is 66.7 Å². The molecular weight excluding hydrogens is 276 g/mol. The molecule has 0 amide bonds. The normalized spacial score (nSPS) is 10.6. The Kier molecular flexibility index (Phi) is 3.81. The van der Waals surface area contributed by atoms with Gasteiger partial charge in [0.15, 0.2) is 0 Å². The lowest BCUT2D eigenvalue weighted by Gasteiger charge is -2.14. The van der Waals surface area contributed by atoms with Crippen LogP contribution in [0.25, 0.3) is 22.3 Å². The van der Waals surface area contributed by atoms with E-state index >= 15 is 0 Å². The summed E-state index contributed by atoms with van der Waals surface area (Å²) in [6.07, 6.45) is 0. The highest BCUT2D eigenvalue weighted by molar-refractivity contribution is 5.85. The van der Waals surface area contributed by atoms with Gasteiger partial charge in [-0.3, -0.25) is 0 Å². The molecule has 0 atom stereocenters. The highest BCUT2D eigenvalue weighted by Gasteiger charge is 2.12. The molecule has 3 heteroatoms. The smallest absolute Gasteiger partial charge is 0.121 e. The van der Waals surface area contributed by atoms with Crippen LogP contribution in [0.1, 0.15) is 5.56 Å². The number of hydrogen-bond acceptors (Lipinski definition) is 3. The number of hydrogen-bond donors (Lipinski definition) is 3. The first-order valence-electron chi connectivity index (χ1n) is 7.00. The Labute approximate surface area is 128 Å². The molecule has 0 aliphatic heterocycles. The van der Waals surface area contributed by atoms with E-state index in [0.29, 0.717) is 5.56 Å². The van der Waals surface area contributed by atoms with Crippen LogP contribution in [-0.4, -0.2) is 15.3 Å². The second-order valence-electron chi connectivity index (χ2n) is 5.10. The van der Waals surface area contributed by atoms with Crippen molar-refractivity contribution in [2.24, 2.45) is 0 Å². The molecule has 110 valence electrons. The minimum Gasteiger partial charge on any atom is -0.508 e. The molecular formula is C19H16O3. The van der Waals surface area contributed by atoms with Gasteiger partial charge in [-0.2, -0.15) is 0 Å². The average molecular weight is 292 g/mol. The van der Waals surface area contributed by atoms with Gasteiger partial charge < -0.3 is 15.3 Å². The molecule has 0 radical (unpaired) electrons. The zero-order valence-electron chi connectivity index (χ0n) is 11.9. The zero-order valence-corrected chi connectivity index (χ0v) is 11.9. The van der Waals surface area contributed by atoms with Gasteiger partial charge in [0, 0.05) is 5.56 Å². The summed E-state index contributed by atoms with van der Waals surface area (Å²) >= 11 is 0. The molecule has 3 aromatic rings. The van der Waals surface area contributed by atoms with Gasteiger partial charge in [0.2, 0.25) is 0 Å². The Morgan fingerprint density at radius 1 is 0.682 bits per heavy atom. The molecule has 0 heterocycles. The largest absolute Gasteiger partial charge is 0.508 e. The summed E-state index contributed by atoms with van der Waals surface area (Å²) in [5.74, 6) is 0.273. The molecule has 0 saturated carbocycles. The Balaban J connectivity index is 2.24. The van der Waals surface area contributed by atoms with Crippen molar-refractivity contribution in [3.05, 3.63) is 72.3 Å². The summed E-state index contributed by atoms with van der Waals surface area (Å²) in [6.45, 7) is -0.230. The molecule has 0 aromatic heterocycles. The van der Waals surface area contributed by atoms with Gasteiger partial charge in [-0.1, -0.05) is 42.5 Å². The first kappa shape index (κ1) is 14.2. The Bertz CT molecular complexity index is 778. The van der Waals surface area contributed by atoms with Crippen molar-refractivity contribution >= 4 is 0 Å². The van der Waals surface area contributed by atoms with Crippen LogP contribution in [-0.2, 0) is 6.61 Å². The third kappa shape index (κ3) is 2.67. The van der Waals surface area contributed by atoms with Crippen LogP contribution in [0, 0.1) is 0 Å². The van der Waals surface area contributed by atoms with Crippen LogP contribution in [0.3, 0.4) is 0 Å². The average Bonchev–Trinajstić information content (AvgIpc) is 2.56. The fraction of sp³-hybridized carbons (Fsp3) is 0.0526. The molecule has 3 N–H and O–H groups in total. The monoisotopic (exact) mass is 292 g/mol. The Hall–Kier alpha value is -2.78. The minimum atomic E-state index is -0.230. The first-order valence-corrected chi connectivity index (χ1v) is 7.00. The lowest BCUT2D eigenvalue weighted by atomic mass is 9.92. The number of aliphatic hydroxyl groups excluding tert-OH is 1. The van der Waals surface area contributed by atoms with E-state index in [9.17, 15) is 15.3 Å². The van der Waals surface area contributed by atoms with E-state index in [1.54, 1.807) is 24.3 Å².